The van der Waals surface area contributed by atoms with Gasteiger partial charge in [0.15, 0.2) is 0 Å². The number of benzene rings is 1. The third-order valence-electron chi connectivity index (χ3n) is 2.27. The fraction of sp³-hybridized carbons (Fsp3) is 0.400. The zero-order valence-electron chi connectivity index (χ0n) is 8.19. The molecular weight excluding hydrogens is 229 g/mol. The fourth-order valence-electron chi connectivity index (χ4n) is 1.19. The summed E-state index contributed by atoms with van der Waals surface area (Å²) >= 11 is 5.69. The molecule has 0 saturated heterocycles. The zero-order chi connectivity index (χ0) is 11.8. The zero-order valence-corrected chi connectivity index (χ0v) is 8.95. The van der Waals surface area contributed by atoms with E-state index in [0.717, 1.165) is 13.0 Å². The lowest BCUT2D eigenvalue weighted by Gasteiger charge is -2.18. The maximum Gasteiger partial charge on any atom is 0.395 e. The summed E-state index contributed by atoms with van der Waals surface area (Å²) in [7, 11) is 0. The van der Waals surface area contributed by atoms with Crippen LogP contribution in [-0.4, -0.2) is 11.3 Å². The monoisotopic (exact) mass is 238 g/mol. The molecule has 1 aromatic carbocycles. The van der Waals surface area contributed by atoms with Crippen molar-refractivity contribution >= 4 is 11.6 Å². The summed E-state index contributed by atoms with van der Waals surface area (Å²) < 4.78 is 37.2. The number of aromatic hydroxyl groups is 1. The Labute approximate surface area is 90.5 Å². The van der Waals surface area contributed by atoms with Gasteiger partial charge in [0, 0.05) is 5.02 Å². The average Bonchev–Trinajstić information content (AvgIpc) is 2.08. The molecule has 1 aromatic rings. The molecular formula is C10H10ClF3O. The SMILES string of the molecule is Cc1cc(Cl)c(C(C)C(F)(F)F)cc1O. The van der Waals surface area contributed by atoms with Crippen LogP contribution in [0.3, 0.4) is 0 Å². The molecule has 0 aliphatic carbocycles. The van der Waals surface area contributed by atoms with E-state index in [1.54, 1.807) is 6.92 Å². The van der Waals surface area contributed by atoms with Gasteiger partial charge in [-0.05, 0) is 37.1 Å². The van der Waals surface area contributed by atoms with Gasteiger partial charge in [-0.1, -0.05) is 11.6 Å². The average molecular weight is 239 g/mol. The van der Waals surface area contributed by atoms with E-state index >= 15 is 0 Å². The third-order valence-corrected chi connectivity index (χ3v) is 2.60. The lowest BCUT2D eigenvalue weighted by molar-refractivity contribution is -0.146. The maximum atomic E-state index is 12.4. The van der Waals surface area contributed by atoms with Crippen LogP contribution in [0.4, 0.5) is 13.2 Å². The molecule has 0 amide bonds. The van der Waals surface area contributed by atoms with E-state index < -0.39 is 12.1 Å². The van der Waals surface area contributed by atoms with Crippen molar-refractivity contribution in [3.8, 4) is 5.75 Å². The Kier molecular flexibility index (Phi) is 3.19. The van der Waals surface area contributed by atoms with Gasteiger partial charge in [0.05, 0.1) is 5.92 Å². The molecule has 1 atom stereocenters. The van der Waals surface area contributed by atoms with Crippen LogP contribution in [0.15, 0.2) is 12.1 Å². The summed E-state index contributed by atoms with van der Waals surface area (Å²) in [5.74, 6) is -1.86. The van der Waals surface area contributed by atoms with Crippen LogP contribution < -0.4 is 0 Å². The van der Waals surface area contributed by atoms with E-state index in [2.05, 4.69) is 0 Å². The minimum Gasteiger partial charge on any atom is -0.508 e. The molecule has 84 valence electrons. The Morgan fingerprint density at radius 2 is 1.87 bits per heavy atom. The largest absolute Gasteiger partial charge is 0.508 e. The van der Waals surface area contributed by atoms with Crippen molar-refractivity contribution < 1.29 is 18.3 Å². The van der Waals surface area contributed by atoms with Gasteiger partial charge in [0.2, 0.25) is 0 Å². The Hall–Kier alpha value is -0.900. The van der Waals surface area contributed by atoms with Gasteiger partial charge in [-0.25, -0.2) is 0 Å². The maximum absolute atomic E-state index is 12.4. The molecule has 0 aliphatic rings. The summed E-state index contributed by atoms with van der Waals surface area (Å²) in [6.07, 6.45) is -4.36. The highest BCUT2D eigenvalue weighted by Gasteiger charge is 2.38. The van der Waals surface area contributed by atoms with E-state index in [-0.39, 0.29) is 16.3 Å². The first-order valence-electron chi connectivity index (χ1n) is 4.29. The first kappa shape index (κ1) is 12.2. The van der Waals surface area contributed by atoms with E-state index in [4.69, 9.17) is 11.6 Å². The first-order chi connectivity index (χ1) is 6.73. The molecule has 0 saturated carbocycles. The minimum absolute atomic E-state index is 0.0233. The highest BCUT2D eigenvalue weighted by Crippen LogP contribution is 2.39. The molecule has 1 unspecified atom stereocenters. The Morgan fingerprint density at radius 3 is 2.33 bits per heavy atom. The molecule has 0 fully saturated rings. The van der Waals surface area contributed by atoms with Gasteiger partial charge in [-0.3, -0.25) is 0 Å². The number of hydrogen-bond acceptors (Lipinski definition) is 1. The van der Waals surface area contributed by atoms with Gasteiger partial charge in [0.1, 0.15) is 5.75 Å². The predicted octanol–water partition coefficient (Wildman–Crippen LogP) is 4.02. The Bertz CT molecular complexity index is 374. The molecule has 1 nitrogen and oxygen atoms in total. The van der Waals surface area contributed by atoms with E-state index in [1.807, 2.05) is 0 Å². The predicted molar refractivity (Wildman–Crippen MR) is 52.3 cm³/mol. The second kappa shape index (κ2) is 3.93. The summed E-state index contributed by atoms with van der Waals surface area (Å²) in [5, 5.41) is 9.34. The van der Waals surface area contributed by atoms with Crippen LogP contribution in [-0.2, 0) is 0 Å². The third kappa shape index (κ3) is 2.56. The highest BCUT2D eigenvalue weighted by atomic mass is 35.5. The molecule has 0 bridgehead atoms. The summed E-state index contributed by atoms with van der Waals surface area (Å²) in [6.45, 7) is 2.58. The van der Waals surface area contributed by atoms with Gasteiger partial charge < -0.3 is 5.11 Å². The molecule has 1 rings (SSSR count). The molecule has 0 aliphatic heterocycles. The normalized spacial score (nSPS) is 14.0. The van der Waals surface area contributed by atoms with E-state index in [9.17, 15) is 18.3 Å². The topological polar surface area (TPSA) is 20.2 Å². The van der Waals surface area contributed by atoms with Crippen LogP contribution in [0.2, 0.25) is 5.02 Å². The van der Waals surface area contributed by atoms with Crippen LogP contribution >= 0.6 is 11.6 Å². The molecule has 5 heteroatoms. The fourth-order valence-corrected chi connectivity index (χ4v) is 1.57. The van der Waals surface area contributed by atoms with Crippen LogP contribution in [0, 0.1) is 6.92 Å². The van der Waals surface area contributed by atoms with Crippen LogP contribution in [0.1, 0.15) is 24.0 Å². The van der Waals surface area contributed by atoms with Gasteiger partial charge >= 0.3 is 6.18 Å². The quantitative estimate of drug-likeness (QED) is 0.784. The Balaban J connectivity index is 3.21. The summed E-state index contributed by atoms with van der Waals surface area (Å²) in [5.41, 5.74) is 0.352. The molecule has 15 heavy (non-hydrogen) atoms. The molecule has 0 heterocycles. The number of halogens is 4. The van der Waals surface area contributed by atoms with Crippen molar-refractivity contribution in [1.29, 1.82) is 0 Å². The van der Waals surface area contributed by atoms with Gasteiger partial charge in [0.25, 0.3) is 0 Å². The number of aryl methyl sites for hydroxylation is 1. The number of phenols is 1. The highest BCUT2D eigenvalue weighted by molar-refractivity contribution is 6.31. The second-order valence-electron chi connectivity index (χ2n) is 3.42. The Morgan fingerprint density at radius 1 is 1.33 bits per heavy atom. The van der Waals surface area contributed by atoms with E-state index in [0.29, 0.717) is 5.56 Å². The van der Waals surface area contributed by atoms with Crippen LogP contribution in [0.5, 0.6) is 5.75 Å². The molecule has 1 N–H and O–H groups in total. The number of alkyl halides is 3. The molecule has 0 aromatic heterocycles. The number of rotatable bonds is 1. The van der Waals surface area contributed by atoms with Crippen LogP contribution in [0.25, 0.3) is 0 Å². The second-order valence-corrected chi connectivity index (χ2v) is 3.83. The van der Waals surface area contributed by atoms with Crippen molar-refractivity contribution in [3.05, 3.63) is 28.3 Å². The first-order valence-corrected chi connectivity index (χ1v) is 4.67. The number of hydrogen-bond donors (Lipinski definition) is 1. The van der Waals surface area contributed by atoms with Crippen molar-refractivity contribution in [1.82, 2.24) is 0 Å². The van der Waals surface area contributed by atoms with E-state index in [1.165, 1.54) is 6.07 Å². The van der Waals surface area contributed by atoms with Crippen molar-refractivity contribution in [2.45, 2.75) is 25.9 Å². The number of phenolic OH excluding ortho intramolecular Hbond substituents is 1. The van der Waals surface area contributed by atoms with Gasteiger partial charge in [-0.2, -0.15) is 13.2 Å². The molecule has 0 radical (unpaired) electrons. The summed E-state index contributed by atoms with van der Waals surface area (Å²) in [4.78, 5) is 0. The van der Waals surface area contributed by atoms with Gasteiger partial charge in [-0.15, -0.1) is 0 Å². The standard InChI is InChI=1S/C10H10ClF3O/c1-5-3-8(11)7(4-9(5)15)6(2)10(12,13)14/h3-4,6,15H,1-2H3. The van der Waals surface area contributed by atoms with Crippen molar-refractivity contribution in [2.75, 3.05) is 0 Å². The van der Waals surface area contributed by atoms with Crippen molar-refractivity contribution in [3.63, 3.8) is 0 Å². The lowest BCUT2D eigenvalue weighted by atomic mass is 9.99. The summed E-state index contributed by atoms with van der Waals surface area (Å²) in [6, 6.07) is 2.39. The smallest absolute Gasteiger partial charge is 0.395 e. The lowest BCUT2D eigenvalue weighted by Crippen LogP contribution is -2.18. The minimum atomic E-state index is -4.36. The van der Waals surface area contributed by atoms with Crippen molar-refractivity contribution in [2.24, 2.45) is 0 Å². The molecule has 0 spiro atoms.